The summed E-state index contributed by atoms with van der Waals surface area (Å²) >= 11 is 0. The summed E-state index contributed by atoms with van der Waals surface area (Å²) in [5.74, 6) is 1.78. The normalized spacial score (nSPS) is 29.2. The van der Waals surface area contributed by atoms with Gasteiger partial charge in [-0.15, -0.1) is 0 Å². The lowest BCUT2D eigenvalue weighted by molar-refractivity contribution is -0.0312. The predicted octanol–water partition coefficient (Wildman–Crippen LogP) is 2.60. The Morgan fingerprint density at radius 3 is 2.61 bits per heavy atom. The Balaban J connectivity index is 1.38. The van der Waals surface area contributed by atoms with Crippen molar-refractivity contribution in [3.63, 3.8) is 0 Å². The third-order valence-electron chi connectivity index (χ3n) is 4.39. The zero-order valence-corrected chi connectivity index (χ0v) is 11.8. The fraction of sp³-hybridized carbons (Fsp3) is 1.00. The smallest absolute Gasteiger partial charge is 0.0581 e. The van der Waals surface area contributed by atoms with Crippen molar-refractivity contribution in [2.45, 2.75) is 51.0 Å². The maximum atomic E-state index is 5.89. The lowest BCUT2D eigenvalue weighted by Crippen LogP contribution is -2.37. The number of hydrogen-bond donors (Lipinski definition) is 1. The van der Waals surface area contributed by atoms with Gasteiger partial charge in [0.2, 0.25) is 0 Å². The van der Waals surface area contributed by atoms with E-state index in [-0.39, 0.29) is 0 Å². The Kier molecular flexibility index (Phi) is 6.46. The van der Waals surface area contributed by atoms with Crippen LogP contribution < -0.4 is 5.32 Å². The van der Waals surface area contributed by atoms with E-state index in [0.29, 0.717) is 6.10 Å². The first-order valence-electron chi connectivity index (χ1n) is 7.72. The van der Waals surface area contributed by atoms with Gasteiger partial charge in [-0.25, -0.2) is 0 Å². The first kappa shape index (κ1) is 14.3. The first-order valence-corrected chi connectivity index (χ1v) is 7.72. The summed E-state index contributed by atoms with van der Waals surface area (Å²) in [4.78, 5) is 0. The molecule has 3 nitrogen and oxygen atoms in total. The largest absolute Gasteiger partial charge is 0.381 e. The minimum Gasteiger partial charge on any atom is -0.381 e. The van der Waals surface area contributed by atoms with Crippen LogP contribution in [0, 0.1) is 11.8 Å². The molecule has 1 N–H and O–H groups in total. The molecule has 18 heavy (non-hydrogen) atoms. The van der Waals surface area contributed by atoms with Crippen LogP contribution in [0.1, 0.15) is 44.9 Å². The third-order valence-corrected chi connectivity index (χ3v) is 4.39. The topological polar surface area (TPSA) is 30.5 Å². The van der Waals surface area contributed by atoms with Gasteiger partial charge in [0.1, 0.15) is 0 Å². The first-order chi connectivity index (χ1) is 8.88. The molecule has 106 valence electrons. The van der Waals surface area contributed by atoms with E-state index in [9.17, 15) is 0 Å². The Hall–Kier alpha value is -0.120. The monoisotopic (exact) mass is 255 g/mol. The molecule has 1 heterocycles. The fourth-order valence-electron chi connectivity index (χ4n) is 3.09. The van der Waals surface area contributed by atoms with Crippen LogP contribution in [-0.4, -0.2) is 39.5 Å². The molecular weight excluding hydrogens is 226 g/mol. The van der Waals surface area contributed by atoms with E-state index in [2.05, 4.69) is 5.32 Å². The lowest BCUT2D eigenvalue weighted by atomic mass is 9.82. The van der Waals surface area contributed by atoms with E-state index < -0.39 is 0 Å². The van der Waals surface area contributed by atoms with Crippen LogP contribution in [0.5, 0.6) is 0 Å². The molecule has 0 spiro atoms. The average Bonchev–Trinajstić information content (AvgIpc) is 2.36. The minimum absolute atomic E-state index is 0.562. The molecule has 2 rings (SSSR count). The van der Waals surface area contributed by atoms with Gasteiger partial charge in [-0.1, -0.05) is 12.8 Å². The molecule has 0 aromatic carbocycles. The standard InChI is InChI=1S/C15H29NO2/c1-16-12-14-10-15(11-14)18-7-3-2-4-13-5-8-17-9-6-13/h13-16H,2-12H2,1H3. The van der Waals surface area contributed by atoms with Crippen molar-refractivity contribution in [3.8, 4) is 0 Å². The summed E-state index contributed by atoms with van der Waals surface area (Å²) in [6.07, 6.45) is 9.58. The molecule has 2 aliphatic rings. The van der Waals surface area contributed by atoms with Crippen molar-refractivity contribution < 1.29 is 9.47 Å². The zero-order chi connectivity index (χ0) is 12.6. The third kappa shape index (κ3) is 4.87. The van der Waals surface area contributed by atoms with Crippen molar-refractivity contribution in [1.29, 1.82) is 0 Å². The van der Waals surface area contributed by atoms with Crippen LogP contribution in [0.3, 0.4) is 0 Å². The molecule has 2 fully saturated rings. The molecular formula is C15H29NO2. The molecule has 0 aromatic rings. The highest BCUT2D eigenvalue weighted by atomic mass is 16.5. The molecule has 1 aliphatic heterocycles. The second-order valence-corrected chi connectivity index (χ2v) is 5.94. The van der Waals surface area contributed by atoms with Gasteiger partial charge in [0.25, 0.3) is 0 Å². The summed E-state index contributed by atoms with van der Waals surface area (Å²) in [5, 5.41) is 3.24. The molecule has 1 aliphatic carbocycles. The van der Waals surface area contributed by atoms with Crippen molar-refractivity contribution in [1.82, 2.24) is 5.32 Å². The number of nitrogens with one attached hydrogen (secondary N) is 1. The van der Waals surface area contributed by atoms with E-state index in [0.717, 1.165) is 38.2 Å². The molecule has 0 aromatic heterocycles. The van der Waals surface area contributed by atoms with Crippen LogP contribution >= 0.6 is 0 Å². The van der Waals surface area contributed by atoms with Crippen LogP contribution in [0.25, 0.3) is 0 Å². The highest BCUT2D eigenvalue weighted by molar-refractivity contribution is 4.81. The summed E-state index contributed by atoms with van der Waals surface area (Å²) in [5.41, 5.74) is 0. The molecule has 0 bridgehead atoms. The Morgan fingerprint density at radius 1 is 1.11 bits per heavy atom. The number of rotatable bonds is 8. The Morgan fingerprint density at radius 2 is 1.89 bits per heavy atom. The zero-order valence-electron chi connectivity index (χ0n) is 11.8. The van der Waals surface area contributed by atoms with Gasteiger partial charge < -0.3 is 14.8 Å². The van der Waals surface area contributed by atoms with E-state index in [1.54, 1.807) is 0 Å². The highest BCUT2D eigenvalue weighted by Crippen LogP contribution is 2.29. The maximum absolute atomic E-state index is 5.89. The van der Waals surface area contributed by atoms with Gasteiger partial charge in [-0.05, 0) is 57.5 Å². The van der Waals surface area contributed by atoms with Crippen molar-refractivity contribution in [2.24, 2.45) is 11.8 Å². The Labute approximate surface area is 112 Å². The molecule has 0 atom stereocenters. The van der Waals surface area contributed by atoms with E-state index in [4.69, 9.17) is 9.47 Å². The summed E-state index contributed by atoms with van der Waals surface area (Å²) in [7, 11) is 2.03. The average molecular weight is 255 g/mol. The molecule has 1 saturated heterocycles. The second-order valence-electron chi connectivity index (χ2n) is 5.94. The van der Waals surface area contributed by atoms with Crippen LogP contribution in [-0.2, 0) is 9.47 Å². The summed E-state index contributed by atoms with van der Waals surface area (Å²) in [6.45, 7) is 4.09. The molecule has 1 saturated carbocycles. The molecule has 3 heteroatoms. The van der Waals surface area contributed by atoms with Crippen molar-refractivity contribution >= 4 is 0 Å². The number of hydrogen-bond acceptors (Lipinski definition) is 3. The van der Waals surface area contributed by atoms with Crippen molar-refractivity contribution in [2.75, 3.05) is 33.4 Å². The SMILES string of the molecule is CNCC1CC(OCCCCC2CCOCC2)C1. The van der Waals surface area contributed by atoms with E-state index >= 15 is 0 Å². The summed E-state index contributed by atoms with van der Waals surface area (Å²) in [6, 6.07) is 0. The molecule has 0 radical (unpaired) electrons. The van der Waals surface area contributed by atoms with Gasteiger partial charge in [-0.3, -0.25) is 0 Å². The van der Waals surface area contributed by atoms with Gasteiger partial charge in [0, 0.05) is 19.8 Å². The lowest BCUT2D eigenvalue weighted by Gasteiger charge is -2.35. The van der Waals surface area contributed by atoms with Crippen molar-refractivity contribution in [3.05, 3.63) is 0 Å². The summed E-state index contributed by atoms with van der Waals surface area (Å²) < 4.78 is 11.3. The van der Waals surface area contributed by atoms with Gasteiger partial charge in [0.05, 0.1) is 6.10 Å². The fourth-order valence-corrected chi connectivity index (χ4v) is 3.09. The van der Waals surface area contributed by atoms with E-state index in [1.807, 2.05) is 7.05 Å². The van der Waals surface area contributed by atoms with E-state index in [1.165, 1.54) is 44.9 Å². The van der Waals surface area contributed by atoms with Gasteiger partial charge >= 0.3 is 0 Å². The van der Waals surface area contributed by atoms with Gasteiger partial charge in [-0.2, -0.15) is 0 Å². The molecule has 0 unspecified atom stereocenters. The van der Waals surface area contributed by atoms with Gasteiger partial charge in [0.15, 0.2) is 0 Å². The van der Waals surface area contributed by atoms with Crippen LogP contribution in [0.4, 0.5) is 0 Å². The van der Waals surface area contributed by atoms with Crippen LogP contribution in [0.15, 0.2) is 0 Å². The second kappa shape index (κ2) is 8.13. The van der Waals surface area contributed by atoms with Crippen LogP contribution in [0.2, 0.25) is 0 Å². The highest BCUT2D eigenvalue weighted by Gasteiger charge is 2.28. The number of unbranched alkanes of at least 4 members (excludes halogenated alkanes) is 1. The predicted molar refractivity (Wildman–Crippen MR) is 73.8 cm³/mol. The minimum atomic E-state index is 0.562. The Bertz CT molecular complexity index is 211. The quantitative estimate of drug-likeness (QED) is 0.676. The maximum Gasteiger partial charge on any atom is 0.0581 e. The molecule has 0 amide bonds. The number of ether oxygens (including phenoxy) is 2.